The van der Waals surface area contributed by atoms with Crippen molar-refractivity contribution in [3.63, 3.8) is 0 Å². The van der Waals surface area contributed by atoms with Crippen molar-refractivity contribution in [3.8, 4) is 11.5 Å². The number of unbranched alkanes of at least 4 members (excludes halogenated alkanes) is 10. The molecule has 0 saturated heterocycles. The summed E-state index contributed by atoms with van der Waals surface area (Å²) in [6, 6.07) is 6.74. The summed E-state index contributed by atoms with van der Waals surface area (Å²) in [5.41, 5.74) is 0.379. The summed E-state index contributed by atoms with van der Waals surface area (Å²) in [6.07, 6.45) is 12.6. The van der Waals surface area contributed by atoms with Gasteiger partial charge in [-0.2, -0.15) is 4.21 Å². The largest absolute Gasteiger partial charge is 0.505 e. The third-order valence-electron chi connectivity index (χ3n) is 6.23. The highest BCUT2D eigenvalue weighted by atomic mass is 35.5. The highest BCUT2D eigenvalue weighted by Gasteiger charge is 2.18. The molecular weight excluding hydrogens is 589 g/mol. The van der Waals surface area contributed by atoms with Gasteiger partial charge in [-0.3, -0.25) is 4.72 Å². The van der Waals surface area contributed by atoms with E-state index < -0.39 is 23.2 Å². The predicted molar refractivity (Wildman–Crippen MR) is 164 cm³/mol. The monoisotopic (exact) mass is 629 g/mol. The maximum atomic E-state index is 12.8. The Morgan fingerprint density at radius 3 is 1.63 bits per heavy atom. The van der Waals surface area contributed by atoms with Gasteiger partial charge in [-0.25, -0.2) is 9.59 Å². The minimum absolute atomic E-state index is 0.00710. The van der Waals surface area contributed by atoms with Crippen molar-refractivity contribution >= 4 is 52.1 Å². The van der Waals surface area contributed by atoms with Crippen LogP contribution >= 0.6 is 23.2 Å². The molecule has 0 aromatic heterocycles. The minimum Gasteiger partial charge on any atom is -0.505 e. The van der Waals surface area contributed by atoms with E-state index in [9.17, 15) is 18.9 Å². The van der Waals surface area contributed by atoms with E-state index >= 15 is 0 Å². The molecule has 1 atom stereocenters. The molecule has 0 bridgehead atoms. The molecular formula is C30H41Cl2NO7S. The van der Waals surface area contributed by atoms with Gasteiger partial charge in [-0.1, -0.05) is 101 Å². The van der Waals surface area contributed by atoms with Gasteiger partial charge < -0.3 is 18.8 Å². The number of hydrogen-bond acceptors (Lipinski definition) is 7. The van der Waals surface area contributed by atoms with Crippen LogP contribution in [0.25, 0.3) is 0 Å². The zero-order valence-corrected chi connectivity index (χ0v) is 26.2. The number of aromatic hydroxyl groups is 1. The number of phenolic OH excluding ortho intramolecular Hbond substituents is 1. The van der Waals surface area contributed by atoms with E-state index in [4.69, 9.17) is 36.9 Å². The second kappa shape index (κ2) is 19.6. The first-order valence-corrected chi connectivity index (χ1v) is 16.1. The van der Waals surface area contributed by atoms with Crippen LogP contribution in [-0.4, -0.2) is 34.5 Å². The molecule has 228 valence electrons. The second-order valence-corrected chi connectivity index (χ2v) is 11.4. The molecule has 1 unspecified atom stereocenters. The Morgan fingerprint density at radius 2 is 1.17 bits per heavy atom. The zero-order chi connectivity index (χ0) is 30.0. The van der Waals surface area contributed by atoms with E-state index in [1.54, 1.807) is 0 Å². The minimum atomic E-state index is -2.16. The Morgan fingerprint density at radius 1 is 0.732 bits per heavy atom. The van der Waals surface area contributed by atoms with Gasteiger partial charge in [0, 0.05) is 0 Å². The molecule has 41 heavy (non-hydrogen) atoms. The lowest BCUT2D eigenvalue weighted by atomic mass is 10.1. The first kappa shape index (κ1) is 34.7. The summed E-state index contributed by atoms with van der Waals surface area (Å²) in [5.74, 6) is -1.55. The number of rotatable bonds is 20. The Bertz CT molecular complexity index is 1070. The number of carbonyl (C=O) groups excluding carboxylic acids is 2. The lowest BCUT2D eigenvalue weighted by Crippen LogP contribution is -2.14. The number of halogens is 2. The molecule has 0 aliphatic rings. The van der Waals surface area contributed by atoms with Crippen LogP contribution in [0, 0.1) is 0 Å². The Kier molecular flexibility index (Phi) is 16.6. The van der Waals surface area contributed by atoms with Crippen molar-refractivity contribution in [2.45, 2.75) is 90.9 Å². The first-order valence-electron chi connectivity index (χ1n) is 14.3. The molecule has 11 heteroatoms. The van der Waals surface area contributed by atoms with E-state index in [0.29, 0.717) is 0 Å². The van der Waals surface area contributed by atoms with Gasteiger partial charge in [0.05, 0.1) is 40.1 Å². The van der Waals surface area contributed by atoms with Crippen molar-refractivity contribution in [2.24, 2.45) is 0 Å². The quantitative estimate of drug-likeness (QED) is 0.0854. The molecule has 2 aromatic carbocycles. The molecule has 0 heterocycles. The van der Waals surface area contributed by atoms with Gasteiger partial charge >= 0.3 is 23.2 Å². The van der Waals surface area contributed by atoms with Crippen LogP contribution < -0.4 is 8.91 Å². The first-order chi connectivity index (χ1) is 19.7. The molecule has 0 fully saturated rings. The summed E-state index contributed by atoms with van der Waals surface area (Å²) < 4.78 is 31.5. The van der Waals surface area contributed by atoms with Crippen molar-refractivity contribution in [3.05, 3.63) is 51.5 Å². The van der Waals surface area contributed by atoms with E-state index in [2.05, 4.69) is 18.6 Å². The third kappa shape index (κ3) is 13.4. The highest BCUT2D eigenvalue weighted by Crippen LogP contribution is 2.35. The standard InChI is InChI=1S/C30H41Cl2NO7S/c1-3-5-7-9-11-13-15-38-29(35)22-17-23(30(36)39-16-14-12-10-8-6-4-2)19-25(18-22)40-41(37)33-24-20-26(31)28(34)27(32)21-24/h17-21,33-34H,3-16H2,1-2H3. The Balaban J connectivity index is 2.07. The van der Waals surface area contributed by atoms with E-state index in [-0.39, 0.29) is 51.6 Å². The average molecular weight is 631 g/mol. The fourth-order valence-electron chi connectivity index (χ4n) is 3.97. The lowest BCUT2D eigenvalue weighted by Gasteiger charge is -2.12. The fourth-order valence-corrected chi connectivity index (χ4v) is 5.08. The number of hydrogen-bond donors (Lipinski definition) is 2. The van der Waals surface area contributed by atoms with Gasteiger partial charge in [0.15, 0.2) is 5.75 Å². The van der Waals surface area contributed by atoms with Gasteiger partial charge in [0.2, 0.25) is 0 Å². The molecule has 0 aliphatic carbocycles. The van der Waals surface area contributed by atoms with Crippen molar-refractivity contribution in [1.82, 2.24) is 0 Å². The van der Waals surface area contributed by atoms with Crippen LogP contribution in [0.2, 0.25) is 10.0 Å². The molecule has 2 N–H and O–H groups in total. The number of ether oxygens (including phenoxy) is 2. The van der Waals surface area contributed by atoms with Gasteiger partial charge in [-0.05, 0) is 43.2 Å². The van der Waals surface area contributed by atoms with Crippen LogP contribution in [0.5, 0.6) is 11.5 Å². The van der Waals surface area contributed by atoms with Gasteiger partial charge in [0.1, 0.15) is 5.75 Å². The van der Waals surface area contributed by atoms with Crippen LogP contribution in [0.4, 0.5) is 5.69 Å². The van der Waals surface area contributed by atoms with Crippen molar-refractivity contribution in [2.75, 3.05) is 17.9 Å². The molecule has 2 rings (SSSR count). The normalized spacial score (nSPS) is 11.6. The Hall–Kier alpha value is -2.49. The molecule has 0 amide bonds. The topological polar surface area (TPSA) is 111 Å². The fraction of sp³-hybridized carbons (Fsp3) is 0.533. The maximum Gasteiger partial charge on any atom is 0.338 e. The van der Waals surface area contributed by atoms with Gasteiger partial charge in [-0.15, -0.1) is 0 Å². The number of esters is 2. The number of benzene rings is 2. The smallest absolute Gasteiger partial charge is 0.338 e. The maximum absolute atomic E-state index is 12.8. The van der Waals surface area contributed by atoms with Crippen LogP contribution in [-0.2, 0) is 20.7 Å². The zero-order valence-electron chi connectivity index (χ0n) is 23.8. The van der Waals surface area contributed by atoms with E-state index in [1.807, 2.05) is 0 Å². The molecule has 0 radical (unpaired) electrons. The van der Waals surface area contributed by atoms with Crippen molar-refractivity contribution in [1.29, 1.82) is 0 Å². The molecule has 2 aromatic rings. The number of nitrogens with one attached hydrogen (secondary N) is 1. The highest BCUT2D eigenvalue weighted by molar-refractivity contribution is 7.81. The van der Waals surface area contributed by atoms with Crippen molar-refractivity contribution < 1.29 is 32.6 Å². The number of phenols is 1. The van der Waals surface area contributed by atoms with E-state index in [1.165, 1.54) is 43.2 Å². The summed E-state index contributed by atoms with van der Waals surface area (Å²) in [5, 5.41) is 9.65. The second-order valence-electron chi connectivity index (χ2n) is 9.76. The summed E-state index contributed by atoms with van der Waals surface area (Å²) in [4.78, 5) is 25.6. The molecule has 0 aliphatic heterocycles. The molecule has 0 spiro atoms. The molecule has 8 nitrogen and oxygen atoms in total. The molecule has 0 saturated carbocycles. The van der Waals surface area contributed by atoms with Crippen LogP contribution in [0.1, 0.15) is 112 Å². The Labute approximate surface area is 255 Å². The average Bonchev–Trinajstić information content (AvgIpc) is 2.94. The summed E-state index contributed by atoms with van der Waals surface area (Å²) in [7, 11) is 0. The van der Waals surface area contributed by atoms with Crippen LogP contribution in [0.15, 0.2) is 30.3 Å². The van der Waals surface area contributed by atoms with E-state index in [0.717, 1.165) is 64.2 Å². The summed E-state index contributed by atoms with van der Waals surface area (Å²) in [6.45, 7) is 4.82. The number of anilines is 1. The number of carbonyl (C=O) groups is 2. The third-order valence-corrected chi connectivity index (χ3v) is 7.55. The van der Waals surface area contributed by atoms with Crippen LogP contribution in [0.3, 0.4) is 0 Å². The predicted octanol–water partition coefficient (Wildman–Crippen LogP) is 8.80. The lowest BCUT2D eigenvalue weighted by molar-refractivity contribution is 0.0495. The van der Waals surface area contributed by atoms with Gasteiger partial charge in [0.25, 0.3) is 0 Å². The summed E-state index contributed by atoms with van der Waals surface area (Å²) >= 11 is 9.69. The SMILES string of the molecule is CCCCCCCCOC(=O)c1cc(OS(=O)Nc2cc(Cl)c(O)c(Cl)c2)cc(C(=O)OCCCCCCCC)c1.